The van der Waals surface area contributed by atoms with Crippen LogP contribution in [0.15, 0.2) is 0 Å². The lowest BCUT2D eigenvalue weighted by Gasteiger charge is -1.90. The predicted molar refractivity (Wildman–Crippen MR) is 66.2 cm³/mol. The van der Waals surface area contributed by atoms with Gasteiger partial charge in [0.15, 0.2) is 0 Å². The lowest BCUT2D eigenvalue weighted by molar-refractivity contribution is 0.110. The summed E-state index contributed by atoms with van der Waals surface area (Å²) in [4.78, 5) is 0. The van der Waals surface area contributed by atoms with Gasteiger partial charge in [0.25, 0.3) is 0 Å². The van der Waals surface area contributed by atoms with E-state index in [1.807, 2.05) is 0 Å². The van der Waals surface area contributed by atoms with Gasteiger partial charge in [-0.25, -0.2) is 0 Å². The molecule has 0 amide bonds. The molecule has 6 heteroatoms. The molecular formula is C12H26O6. The Balaban J connectivity index is 0.000000258. The van der Waals surface area contributed by atoms with Gasteiger partial charge in [-0.1, -0.05) is 0 Å². The minimum atomic E-state index is -0.560. The van der Waals surface area contributed by atoms with Crippen molar-refractivity contribution in [1.82, 2.24) is 0 Å². The molecule has 2 heterocycles. The van der Waals surface area contributed by atoms with Gasteiger partial charge >= 0.3 is 0 Å². The highest BCUT2D eigenvalue weighted by Crippen LogP contribution is 2.22. The average Bonchev–Trinajstić information content (AvgIpc) is 3.19. The molecule has 0 radical (unpaired) electrons. The molecule has 2 aliphatic heterocycles. The lowest BCUT2D eigenvalue weighted by Crippen LogP contribution is -2.03. The van der Waals surface area contributed by atoms with Crippen molar-refractivity contribution in [3.05, 3.63) is 0 Å². The molecule has 0 aromatic heterocycles. The first-order chi connectivity index (χ1) is 8.49. The molecule has 2 rings (SSSR count). The third kappa shape index (κ3) is 15.8. The van der Waals surface area contributed by atoms with Gasteiger partial charge in [-0.2, -0.15) is 0 Å². The molecule has 4 unspecified atom stereocenters. The predicted octanol–water partition coefficient (Wildman–Crippen LogP) is -0.717. The SMILES string of the molecule is C(CC1CO1)C1CO1.CC(O)CO.CC(O)CO. The van der Waals surface area contributed by atoms with E-state index in [-0.39, 0.29) is 13.2 Å². The second-order valence-electron chi connectivity index (χ2n) is 4.55. The van der Waals surface area contributed by atoms with Crippen LogP contribution < -0.4 is 0 Å². The Morgan fingerprint density at radius 2 is 1.11 bits per heavy atom. The summed E-state index contributed by atoms with van der Waals surface area (Å²) in [6.07, 6.45) is 2.50. The molecule has 0 bridgehead atoms. The zero-order chi connectivity index (χ0) is 14.0. The number of hydrogen-bond acceptors (Lipinski definition) is 6. The molecule has 18 heavy (non-hydrogen) atoms. The largest absolute Gasteiger partial charge is 0.394 e. The Morgan fingerprint density at radius 1 is 0.889 bits per heavy atom. The van der Waals surface area contributed by atoms with Gasteiger partial charge in [-0.15, -0.1) is 0 Å². The van der Waals surface area contributed by atoms with E-state index in [2.05, 4.69) is 0 Å². The zero-order valence-electron chi connectivity index (χ0n) is 11.2. The van der Waals surface area contributed by atoms with Crippen molar-refractivity contribution in [2.45, 2.75) is 51.1 Å². The van der Waals surface area contributed by atoms with E-state index < -0.39 is 12.2 Å². The van der Waals surface area contributed by atoms with Crippen LogP contribution in [0, 0.1) is 0 Å². The van der Waals surface area contributed by atoms with Crippen molar-refractivity contribution >= 4 is 0 Å². The van der Waals surface area contributed by atoms with Gasteiger partial charge in [0.1, 0.15) is 0 Å². The summed E-state index contributed by atoms with van der Waals surface area (Å²) in [5.41, 5.74) is 0. The van der Waals surface area contributed by atoms with Crippen molar-refractivity contribution in [2.24, 2.45) is 0 Å². The molecule has 4 N–H and O–H groups in total. The molecule has 110 valence electrons. The Labute approximate surface area is 108 Å². The number of rotatable bonds is 5. The fourth-order valence-electron chi connectivity index (χ4n) is 0.841. The normalized spacial score (nSPS) is 27.0. The van der Waals surface area contributed by atoms with Gasteiger partial charge in [0, 0.05) is 0 Å². The maximum atomic E-state index is 8.11. The van der Waals surface area contributed by atoms with E-state index in [9.17, 15) is 0 Å². The molecule has 2 saturated heterocycles. The Hall–Kier alpha value is -0.240. The lowest BCUT2D eigenvalue weighted by atomic mass is 10.2. The van der Waals surface area contributed by atoms with E-state index in [4.69, 9.17) is 29.9 Å². The summed E-state index contributed by atoms with van der Waals surface area (Å²) in [6, 6.07) is 0. The van der Waals surface area contributed by atoms with Crippen molar-refractivity contribution < 1.29 is 29.9 Å². The summed E-state index contributed by atoms with van der Waals surface area (Å²) in [6.45, 7) is 4.76. The molecule has 6 nitrogen and oxygen atoms in total. The standard InChI is InChI=1S/C6H10O2.2C3H8O2/c1(5-3-7-5)2-6-4-8-6;2*1-3(5)2-4/h5-6H,1-4H2;2*3-5H,2H2,1H3. The molecule has 0 aromatic rings. The minimum absolute atomic E-state index is 0.139. The van der Waals surface area contributed by atoms with Crippen LogP contribution >= 0.6 is 0 Å². The average molecular weight is 266 g/mol. The van der Waals surface area contributed by atoms with Gasteiger partial charge in [-0.05, 0) is 26.7 Å². The summed E-state index contributed by atoms with van der Waals surface area (Å²) in [5, 5.41) is 32.0. The maximum absolute atomic E-state index is 8.11. The fraction of sp³-hybridized carbons (Fsp3) is 1.00. The molecule has 2 fully saturated rings. The smallest absolute Gasteiger partial charge is 0.0810 e. The van der Waals surface area contributed by atoms with E-state index in [0.717, 1.165) is 13.2 Å². The number of hydrogen-bond donors (Lipinski definition) is 4. The van der Waals surface area contributed by atoms with E-state index in [0.29, 0.717) is 12.2 Å². The molecular weight excluding hydrogens is 240 g/mol. The summed E-state index contributed by atoms with van der Waals surface area (Å²) in [7, 11) is 0. The van der Waals surface area contributed by atoms with Crippen LogP contribution in [0.5, 0.6) is 0 Å². The molecule has 0 spiro atoms. The van der Waals surface area contributed by atoms with E-state index in [1.54, 1.807) is 0 Å². The van der Waals surface area contributed by atoms with Crippen LogP contribution in [-0.4, -0.2) is 71.3 Å². The Bertz CT molecular complexity index is 157. The third-order valence-corrected chi connectivity index (χ3v) is 2.14. The van der Waals surface area contributed by atoms with Crippen LogP contribution in [0.2, 0.25) is 0 Å². The topological polar surface area (TPSA) is 106 Å². The summed E-state index contributed by atoms with van der Waals surface area (Å²) >= 11 is 0. The maximum Gasteiger partial charge on any atom is 0.0810 e. The second kappa shape index (κ2) is 10.7. The molecule has 0 saturated carbocycles. The van der Waals surface area contributed by atoms with Crippen LogP contribution in [0.1, 0.15) is 26.7 Å². The first kappa shape index (κ1) is 17.8. The fourth-order valence-corrected chi connectivity index (χ4v) is 0.841. The van der Waals surface area contributed by atoms with E-state index >= 15 is 0 Å². The Morgan fingerprint density at radius 3 is 1.22 bits per heavy atom. The quantitative estimate of drug-likeness (QED) is 0.490. The zero-order valence-corrected chi connectivity index (χ0v) is 11.2. The molecule has 4 atom stereocenters. The van der Waals surface area contributed by atoms with E-state index in [1.165, 1.54) is 26.7 Å². The number of aliphatic hydroxyl groups is 4. The highest BCUT2D eigenvalue weighted by atomic mass is 16.6. The third-order valence-electron chi connectivity index (χ3n) is 2.14. The Kier molecular flexibility index (Phi) is 10.5. The van der Waals surface area contributed by atoms with Crippen LogP contribution in [0.25, 0.3) is 0 Å². The monoisotopic (exact) mass is 266 g/mol. The number of aliphatic hydroxyl groups excluding tert-OH is 4. The van der Waals surface area contributed by atoms with Gasteiger partial charge in [0.05, 0.1) is 50.8 Å². The molecule has 0 aromatic carbocycles. The van der Waals surface area contributed by atoms with Gasteiger partial charge < -0.3 is 29.9 Å². The van der Waals surface area contributed by atoms with Gasteiger partial charge in [-0.3, -0.25) is 0 Å². The van der Waals surface area contributed by atoms with Crippen molar-refractivity contribution in [1.29, 1.82) is 0 Å². The minimum Gasteiger partial charge on any atom is -0.394 e. The number of epoxide rings is 2. The summed E-state index contributed by atoms with van der Waals surface area (Å²) in [5.74, 6) is 0. The van der Waals surface area contributed by atoms with Crippen molar-refractivity contribution in [3.63, 3.8) is 0 Å². The van der Waals surface area contributed by atoms with Crippen LogP contribution in [0.4, 0.5) is 0 Å². The van der Waals surface area contributed by atoms with Crippen molar-refractivity contribution in [2.75, 3.05) is 26.4 Å². The first-order valence-corrected chi connectivity index (χ1v) is 6.30. The highest BCUT2D eigenvalue weighted by Gasteiger charge is 2.28. The van der Waals surface area contributed by atoms with Gasteiger partial charge in [0.2, 0.25) is 0 Å². The molecule has 2 aliphatic rings. The number of ether oxygens (including phenoxy) is 2. The first-order valence-electron chi connectivity index (χ1n) is 6.30. The second-order valence-corrected chi connectivity index (χ2v) is 4.55. The highest BCUT2D eigenvalue weighted by molar-refractivity contribution is 4.75. The van der Waals surface area contributed by atoms with Crippen LogP contribution in [0.3, 0.4) is 0 Å². The van der Waals surface area contributed by atoms with Crippen LogP contribution in [-0.2, 0) is 9.47 Å². The summed E-state index contributed by atoms with van der Waals surface area (Å²) < 4.78 is 10.1. The molecule has 0 aliphatic carbocycles. The van der Waals surface area contributed by atoms with Crippen molar-refractivity contribution in [3.8, 4) is 0 Å².